The minimum absolute atomic E-state index is 0.0327. The van der Waals surface area contributed by atoms with Crippen LogP contribution in [-0.2, 0) is 4.79 Å². The second kappa shape index (κ2) is 3.81. The average Bonchev–Trinajstić information content (AvgIpc) is 2.03. The van der Waals surface area contributed by atoms with Crippen LogP contribution in [0.2, 0.25) is 0 Å². The van der Waals surface area contributed by atoms with Gasteiger partial charge in [-0.15, -0.1) is 20.4 Å². The first kappa shape index (κ1) is 8.65. The zero-order valence-electron chi connectivity index (χ0n) is 5.84. The maximum Gasteiger partial charge on any atom is 0.313 e. The molecule has 0 bridgehead atoms. The van der Waals surface area contributed by atoms with E-state index in [1.807, 2.05) is 0 Å². The zero-order chi connectivity index (χ0) is 8.97. The lowest BCUT2D eigenvalue weighted by Crippen LogP contribution is -2.03. The molecule has 1 rings (SSSR count). The first-order valence-electron chi connectivity index (χ1n) is 2.86. The standard InChI is InChI=1S/C4H5N5O2S/c5-3-6-8-4(9-7-3)12-1-2(10)11/h1H2,(H,10,11)(H2,5,6,7). The molecule has 1 aromatic rings. The second-order valence-electron chi connectivity index (χ2n) is 1.72. The molecule has 0 aliphatic heterocycles. The molecule has 0 unspecified atom stereocenters. The lowest BCUT2D eigenvalue weighted by atomic mass is 10.8. The van der Waals surface area contributed by atoms with E-state index in [1.165, 1.54) is 0 Å². The van der Waals surface area contributed by atoms with Crippen molar-refractivity contribution in [1.82, 2.24) is 20.4 Å². The second-order valence-corrected chi connectivity index (χ2v) is 2.67. The number of hydrogen-bond acceptors (Lipinski definition) is 7. The largest absolute Gasteiger partial charge is 0.481 e. The number of nitrogen functional groups attached to an aromatic ring is 1. The molecule has 1 heterocycles. The van der Waals surface area contributed by atoms with E-state index in [-0.39, 0.29) is 16.9 Å². The number of hydrogen-bond donors (Lipinski definition) is 2. The van der Waals surface area contributed by atoms with Gasteiger partial charge in [0.05, 0.1) is 5.75 Å². The molecule has 0 fully saturated rings. The Morgan fingerprint density at radius 2 is 2.00 bits per heavy atom. The van der Waals surface area contributed by atoms with Crippen LogP contribution in [-0.4, -0.2) is 37.2 Å². The number of aliphatic carboxylic acids is 1. The van der Waals surface area contributed by atoms with E-state index in [1.54, 1.807) is 0 Å². The van der Waals surface area contributed by atoms with Crippen LogP contribution in [0.1, 0.15) is 0 Å². The van der Waals surface area contributed by atoms with Crippen molar-refractivity contribution in [3.63, 3.8) is 0 Å². The van der Waals surface area contributed by atoms with Gasteiger partial charge in [0.1, 0.15) is 0 Å². The van der Waals surface area contributed by atoms with Crippen LogP contribution in [0.25, 0.3) is 0 Å². The Labute approximate surface area is 71.4 Å². The van der Waals surface area contributed by atoms with E-state index in [2.05, 4.69) is 20.4 Å². The summed E-state index contributed by atoms with van der Waals surface area (Å²) in [7, 11) is 0. The van der Waals surface area contributed by atoms with Gasteiger partial charge in [0, 0.05) is 0 Å². The summed E-state index contributed by atoms with van der Waals surface area (Å²) in [6, 6.07) is 0. The summed E-state index contributed by atoms with van der Waals surface area (Å²) in [6.45, 7) is 0. The molecule has 0 spiro atoms. The molecule has 0 amide bonds. The normalized spacial score (nSPS) is 9.67. The summed E-state index contributed by atoms with van der Waals surface area (Å²) >= 11 is 0.935. The highest BCUT2D eigenvalue weighted by Gasteiger charge is 2.02. The van der Waals surface area contributed by atoms with Gasteiger partial charge in [-0.05, 0) is 0 Å². The Morgan fingerprint density at radius 1 is 1.42 bits per heavy atom. The zero-order valence-corrected chi connectivity index (χ0v) is 6.65. The van der Waals surface area contributed by atoms with Crippen LogP contribution >= 0.6 is 11.8 Å². The number of carboxylic acid groups (broad SMARTS) is 1. The SMILES string of the molecule is Nc1nnc(SCC(=O)O)nn1. The predicted octanol–water partition coefficient (Wildman–Crippen LogP) is -0.975. The van der Waals surface area contributed by atoms with Gasteiger partial charge in [-0.2, -0.15) is 0 Å². The molecular formula is C4H5N5O2S. The fraction of sp³-hybridized carbons (Fsp3) is 0.250. The Kier molecular flexibility index (Phi) is 2.75. The van der Waals surface area contributed by atoms with Crippen LogP contribution in [0.15, 0.2) is 5.16 Å². The molecule has 0 saturated carbocycles. The van der Waals surface area contributed by atoms with Crippen LogP contribution in [0, 0.1) is 0 Å². The van der Waals surface area contributed by atoms with Gasteiger partial charge in [0.25, 0.3) is 5.95 Å². The molecule has 0 atom stereocenters. The molecule has 3 N–H and O–H groups in total. The summed E-state index contributed by atoms with van der Waals surface area (Å²) in [5.74, 6) is -1.09. The van der Waals surface area contributed by atoms with Crippen molar-refractivity contribution in [2.45, 2.75) is 5.16 Å². The van der Waals surface area contributed by atoms with E-state index >= 15 is 0 Å². The quantitative estimate of drug-likeness (QED) is 0.580. The van der Waals surface area contributed by atoms with E-state index in [0.29, 0.717) is 0 Å². The van der Waals surface area contributed by atoms with Gasteiger partial charge in [0.2, 0.25) is 5.16 Å². The number of rotatable bonds is 3. The number of aromatic nitrogens is 4. The number of carboxylic acids is 1. The number of carbonyl (C=O) groups is 1. The van der Waals surface area contributed by atoms with Crippen LogP contribution in [0.5, 0.6) is 0 Å². The third-order valence-corrected chi connectivity index (χ3v) is 1.61. The van der Waals surface area contributed by atoms with Gasteiger partial charge >= 0.3 is 5.97 Å². The van der Waals surface area contributed by atoms with Crippen molar-refractivity contribution in [3.05, 3.63) is 0 Å². The first-order chi connectivity index (χ1) is 5.68. The predicted molar refractivity (Wildman–Crippen MR) is 40.4 cm³/mol. The molecule has 0 saturated heterocycles. The molecular weight excluding hydrogens is 182 g/mol. The Balaban J connectivity index is 2.53. The topological polar surface area (TPSA) is 115 Å². The Hall–Kier alpha value is -1.44. The highest BCUT2D eigenvalue weighted by molar-refractivity contribution is 7.99. The summed E-state index contributed by atoms with van der Waals surface area (Å²) in [5, 5.41) is 22.3. The molecule has 12 heavy (non-hydrogen) atoms. The van der Waals surface area contributed by atoms with Gasteiger partial charge in [0.15, 0.2) is 0 Å². The van der Waals surface area contributed by atoms with Crippen LogP contribution in [0.3, 0.4) is 0 Å². The van der Waals surface area contributed by atoms with E-state index in [9.17, 15) is 4.79 Å². The van der Waals surface area contributed by atoms with Gasteiger partial charge in [-0.1, -0.05) is 11.8 Å². The third kappa shape index (κ3) is 2.66. The van der Waals surface area contributed by atoms with Gasteiger partial charge < -0.3 is 10.8 Å². The molecule has 0 radical (unpaired) electrons. The third-order valence-electron chi connectivity index (χ3n) is 0.801. The summed E-state index contributed by atoms with van der Waals surface area (Å²) in [4.78, 5) is 10.1. The minimum Gasteiger partial charge on any atom is -0.481 e. The lowest BCUT2D eigenvalue weighted by molar-refractivity contribution is -0.133. The summed E-state index contributed by atoms with van der Waals surface area (Å²) < 4.78 is 0. The van der Waals surface area contributed by atoms with Crippen LogP contribution in [0.4, 0.5) is 5.95 Å². The molecule has 0 aromatic carbocycles. The molecule has 0 aliphatic rings. The summed E-state index contributed by atoms with van der Waals surface area (Å²) in [5.41, 5.74) is 5.11. The van der Waals surface area contributed by atoms with E-state index in [0.717, 1.165) is 11.8 Å². The molecule has 0 aliphatic carbocycles. The highest BCUT2D eigenvalue weighted by Crippen LogP contribution is 2.08. The van der Waals surface area contributed by atoms with Gasteiger partial charge in [-0.3, -0.25) is 4.79 Å². The van der Waals surface area contributed by atoms with Crippen molar-refractivity contribution in [3.8, 4) is 0 Å². The molecule has 8 heteroatoms. The van der Waals surface area contributed by atoms with E-state index < -0.39 is 5.97 Å². The number of anilines is 1. The Morgan fingerprint density at radius 3 is 2.50 bits per heavy atom. The molecule has 64 valence electrons. The van der Waals surface area contributed by atoms with Crippen molar-refractivity contribution in [2.24, 2.45) is 0 Å². The van der Waals surface area contributed by atoms with Crippen molar-refractivity contribution in [1.29, 1.82) is 0 Å². The number of nitrogens with zero attached hydrogens (tertiary/aromatic N) is 4. The van der Waals surface area contributed by atoms with Crippen molar-refractivity contribution in [2.75, 3.05) is 11.5 Å². The number of thioether (sulfide) groups is 1. The van der Waals surface area contributed by atoms with E-state index in [4.69, 9.17) is 10.8 Å². The number of nitrogens with two attached hydrogens (primary N) is 1. The first-order valence-corrected chi connectivity index (χ1v) is 3.84. The fourth-order valence-corrected chi connectivity index (χ4v) is 0.862. The summed E-state index contributed by atoms with van der Waals surface area (Å²) in [6.07, 6.45) is 0. The lowest BCUT2D eigenvalue weighted by Gasteiger charge is -1.93. The Bertz CT molecular complexity index is 275. The monoisotopic (exact) mass is 187 g/mol. The smallest absolute Gasteiger partial charge is 0.313 e. The maximum atomic E-state index is 10.1. The minimum atomic E-state index is -0.944. The van der Waals surface area contributed by atoms with Gasteiger partial charge in [-0.25, -0.2) is 0 Å². The fourth-order valence-electron chi connectivity index (χ4n) is 0.412. The average molecular weight is 187 g/mol. The van der Waals surface area contributed by atoms with Crippen molar-refractivity contribution >= 4 is 23.7 Å². The highest BCUT2D eigenvalue weighted by atomic mass is 32.2. The van der Waals surface area contributed by atoms with Crippen LogP contribution < -0.4 is 5.73 Å². The molecule has 1 aromatic heterocycles. The van der Waals surface area contributed by atoms with Crippen molar-refractivity contribution < 1.29 is 9.90 Å². The maximum absolute atomic E-state index is 10.1. The molecule has 7 nitrogen and oxygen atoms in total.